The minimum Gasteiger partial charge on any atom is -0.383 e. The zero-order valence-corrected chi connectivity index (χ0v) is 11.1. The summed E-state index contributed by atoms with van der Waals surface area (Å²) in [6.45, 7) is 0.617. The summed E-state index contributed by atoms with van der Waals surface area (Å²) in [5, 5.41) is 5.36. The van der Waals surface area contributed by atoms with Crippen molar-refractivity contribution in [3.63, 3.8) is 0 Å². The third-order valence-corrected chi connectivity index (χ3v) is 3.48. The van der Waals surface area contributed by atoms with Crippen LogP contribution in [0.4, 0.5) is 5.82 Å². The van der Waals surface area contributed by atoms with E-state index in [9.17, 15) is 0 Å². The molecule has 5 heteroatoms. The standard InChI is InChI=1S/C13H11BrN4/c14-11-7-17-18(13(11)15)8-10-4-1-3-9-5-2-6-16-12(9)10/h1-7H,8,15H2. The largest absolute Gasteiger partial charge is 0.383 e. The number of fused-ring (bicyclic) bond motifs is 1. The van der Waals surface area contributed by atoms with Gasteiger partial charge in [0, 0.05) is 11.6 Å². The maximum absolute atomic E-state index is 5.93. The van der Waals surface area contributed by atoms with E-state index in [-0.39, 0.29) is 0 Å². The van der Waals surface area contributed by atoms with E-state index in [4.69, 9.17) is 5.73 Å². The lowest BCUT2D eigenvalue weighted by molar-refractivity contribution is 0.699. The van der Waals surface area contributed by atoms with Gasteiger partial charge in [-0.3, -0.25) is 4.98 Å². The lowest BCUT2D eigenvalue weighted by Gasteiger charge is -2.07. The summed E-state index contributed by atoms with van der Waals surface area (Å²) in [6, 6.07) is 10.1. The number of nitrogens with zero attached hydrogens (tertiary/aromatic N) is 3. The summed E-state index contributed by atoms with van der Waals surface area (Å²) in [5.74, 6) is 0.628. The normalized spacial score (nSPS) is 10.9. The number of hydrogen-bond acceptors (Lipinski definition) is 3. The molecule has 4 nitrogen and oxygen atoms in total. The molecule has 90 valence electrons. The molecule has 0 radical (unpaired) electrons. The van der Waals surface area contributed by atoms with Crippen LogP contribution in [-0.2, 0) is 6.54 Å². The Morgan fingerprint density at radius 2 is 2.06 bits per heavy atom. The average molecular weight is 303 g/mol. The molecule has 0 saturated heterocycles. The highest BCUT2D eigenvalue weighted by molar-refractivity contribution is 9.10. The van der Waals surface area contributed by atoms with E-state index in [1.807, 2.05) is 30.3 Å². The highest BCUT2D eigenvalue weighted by Gasteiger charge is 2.07. The number of anilines is 1. The Hall–Kier alpha value is -1.88. The Labute approximate surface area is 113 Å². The van der Waals surface area contributed by atoms with Crippen LogP contribution in [0.1, 0.15) is 5.56 Å². The highest BCUT2D eigenvalue weighted by atomic mass is 79.9. The van der Waals surface area contributed by atoms with Crippen molar-refractivity contribution in [3.8, 4) is 0 Å². The van der Waals surface area contributed by atoms with Crippen molar-refractivity contribution in [1.29, 1.82) is 0 Å². The van der Waals surface area contributed by atoms with Crippen LogP contribution in [-0.4, -0.2) is 14.8 Å². The molecule has 0 atom stereocenters. The molecule has 2 aromatic heterocycles. The predicted molar refractivity (Wildman–Crippen MR) is 75.2 cm³/mol. The Balaban J connectivity index is 2.08. The van der Waals surface area contributed by atoms with E-state index in [2.05, 4.69) is 26.0 Å². The van der Waals surface area contributed by atoms with Gasteiger partial charge in [0.15, 0.2) is 0 Å². The monoisotopic (exact) mass is 302 g/mol. The first-order chi connectivity index (χ1) is 8.75. The molecule has 0 fully saturated rings. The van der Waals surface area contributed by atoms with Crippen molar-refractivity contribution in [1.82, 2.24) is 14.8 Å². The van der Waals surface area contributed by atoms with Crippen LogP contribution in [0.2, 0.25) is 0 Å². The van der Waals surface area contributed by atoms with Gasteiger partial charge in [0.2, 0.25) is 0 Å². The summed E-state index contributed by atoms with van der Waals surface area (Å²) in [4.78, 5) is 4.42. The Morgan fingerprint density at radius 3 is 2.83 bits per heavy atom. The van der Waals surface area contributed by atoms with Gasteiger partial charge in [-0.25, -0.2) is 4.68 Å². The molecule has 3 rings (SSSR count). The molecule has 0 saturated carbocycles. The SMILES string of the molecule is Nc1c(Br)cnn1Cc1cccc2cccnc12. The second-order valence-corrected chi connectivity index (χ2v) is 4.88. The fourth-order valence-electron chi connectivity index (χ4n) is 1.95. The van der Waals surface area contributed by atoms with E-state index < -0.39 is 0 Å². The van der Waals surface area contributed by atoms with Crippen molar-refractivity contribution in [2.45, 2.75) is 6.54 Å². The molecule has 0 aliphatic heterocycles. The zero-order chi connectivity index (χ0) is 12.5. The first kappa shape index (κ1) is 11.2. The van der Waals surface area contributed by atoms with Gasteiger partial charge in [-0.15, -0.1) is 0 Å². The van der Waals surface area contributed by atoms with Gasteiger partial charge >= 0.3 is 0 Å². The van der Waals surface area contributed by atoms with E-state index in [0.717, 1.165) is 20.9 Å². The third kappa shape index (κ3) is 1.86. The Bertz CT molecular complexity index is 700. The number of halogens is 1. The van der Waals surface area contributed by atoms with E-state index >= 15 is 0 Å². The molecule has 0 bridgehead atoms. The van der Waals surface area contributed by atoms with E-state index in [0.29, 0.717) is 12.4 Å². The number of hydrogen-bond donors (Lipinski definition) is 1. The molecule has 0 unspecified atom stereocenters. The van der Waals surface area contributed by atoms with Crippen LogP contribution in [0, 0.1) is 0 Å². The summed E-state index contributed by atoms with van der Waals surface area (Å²) < 4.78 is 2.57. The van der Waals surface area contributed by atoms with Gasteiger partial charge in [0.25, 0.3) is 0 Å². The van der Waals surface area contributed by atoms with Gasteiger partial charge in [-0.05, 0) is 27.6 Å². The van der Waals surface area contributed by atoms with Gasteiger partial charge in [0.1, 0.15) is 5.82 Å². The second kappa shape index (κ2) is 4.42. The summed E-state index contributed by atoms with van der Waals surface area (Å²) in [7, 11) is 0. The third-order valence-electron chi connectivity index (χ3n) is 2.87. The molecule has 0 amide bonds. The average Bonchev–Trinajstić information content (AvgIpc) is 2.71. The predicted octanol–water partition coefficient (Wildman–Crippen LogP) is 2.82. The van der Waals surface area contributed by atoms with Crippen LogP contribution < -0.4 is 5.73 Å². The van der Waals surface area contributed by atoms with Crippen molar-refractivity contribution in [2.75, 3.05) is 5.73 Å². The van der Waals surface area contributed by atoms with E-state index in [1.165, 1.54) is 0 Å². The molecule has 2 heterocycles. The quantitative estimate of drug-likeness (QED) is 0.792. The van der Waals surface area contributed by atoms with Crippen molar-refractivity contribution < 1.29 is 0 Å². The maximum Gasteiger partial charge on any atom is 0.136 e. The summed E-state index contributed by atoms with van der Waals surface area (Å²) in [6.07, 6.45) is 3.50. The number of nitrogen functional groups attached to an aromatic ring is 1. The van der Waals surface area contributed by atoms with Crippen LogP contribution >= 0.6 is 15.9 Å². The summed E-state index contributed by atoms with van der Waals surface area (Å²) >= 11 is 3.36. The fraction of sp³-hybridized carbons (Fsp3) is 0.0769. The molecule has 1 aromatic carbocycles. The molecule has 0 spiro atoms. The molecule has 18 heavy (non-hydrogen) atoms. The number of para-hydroxylation sites is 1. The zero-order valence-electron chi connectivity index (χ0n) is 9.55. The van der Waals surface area contributed by atoms with Crippen molar-refractivity contribution in [2.24, 2.45) is 0 Å². The molecule has 2 N–H and O–H groups in total. The number of rotatable bonds is 2. The van der Waals surface area contributed by atoms with Crippen LogP contribution in [0.15, 0.2) is 47.2 Å². The van der Waals surface area contributed by atoms with Gasteiger partial charge in [-0.2, -0.15) is 5.10 Å². The van der Waals surface area contributed by atoms with Crippen LogP contribution in [0.25, 0.3) is 10.9 Å². The second-order valence-electron chi connectivity index (χ2n) is 4.03. The topological polar surface area (TPSA) is 56.7 Å². The minimum atomic E-state index is 0.617. The van der Waals surface area contributed by atoms with Gasteiger partial charge in [0.05, 0.1) is 22.7 Å². The van der Waals surface area contributed by atoms with Gasteiger partial charge in [-0.1, -0.05) is 24.3 Å². The summed E-state index contributed by atoms with van der Waals surface area (Å²) in [5.41, 5.74) is 8.03. The van der Waals surface area contributed by atoms with Crippen molar-refractivity contribution in [3.05, 3.63) is 52.8 Å². The number of aromatic nitrogens is 3. The Kier molecular flexibility index (Phi) is 2.76. The maximum atomic E-state index is 5.93. The van der Waals surface area contributed by atoms with E-state index in [1.54, 1.807) is 17.1 Å². The molecule has 0 aliphatic rings. The molecule has 3 aromatic rings. The van der Waals surface area contributed by atoms with Crippen molar-refractivity contribution >= 4 is 32.7 Å². The number of pyridine rings is 1. The highest BCUT2D eigenvalue weighted by Crippen LogP contribution is 2.21. The van der Waals surface area contributed by atoms with Gasteiger partial charge < -0.3 is 5.73 Å². The molecule has 0 aliphatic carbocycles. The molecular weight excluding hydrogens is 292 g/mol. The minimum absolute atomic E-state index is 0.617. The Morgan fingerprint density at radius 1 is 1.22 bits per heavy atom. The first-order valence-electron chi connectivity index (χ1n) is 5.55. The lowest BCUT2D eigenvalue weighted by Crippen LogP contribution is -2.06. The molecular formula is C13H11BrN4. The first-order valence-corrected chi connectivity index (χ1v) is 6.34. The van der Waals surface area contributed by atoms with Crippen LogP contribution in [0.3, 0.4) is 0 Å². The van der Waals surface area contributed by atoms with Crippen LogP contribution in [0.5, 0.6) is 0 Å². The lowest BCUT2D eigenvalue weighted by atomic mass is 10.1. The smallest absolute Gasteiger partial charge is 0.136 e. The number of benzene rings is 1. The fourth-order valence-corrected chi connectivity index (χ4v) is 2.25. The number of nitrogens with two attached hydrogens (primary N) is 1.